The SMILES string of the molecule is Cc1ccc2c(c1)C(=O)N(CCC(=O)N1CCN(CCS(C)(=O)=O)CC1)C2=O. The van der Waals surface area contributed by atoms with Gasteiger partial charge in [-0.1, -0.05) is 11.6 Å². The molecule has 0 aromatic heterocycles. The number of fused-ring (bicyclic) bond motifs is 1. The van der Waals surface area contributed by atoms with Crippen LogP contribution in [0.4, 0.5) is 0 Å². The van der Waals surface area contributed by atoms with Gasteiger partial charge in [0, 0.05) is 51.9 Å². The number of carbonyl (C=O) groups is 3. The lowest BCUT2D eigenvalue weighted by Crippen LogP contribution is -2.50. The van der Waals surface area contributed by atoms with Gasteiger partial charge < -0.3 is 4.90 Å². The third kappa shape index (κ3) is 4.59. The molecule has 8 nitrogen and oxygen atoms in total. The van der Waals surface area contributed by atoms with Gasteiger partial charge in [-0.15, -0.1) is 0 Å². The minimum absolute atomic E-state index is 0.0680. The van der Waals surface area contributed by atoms with Gasteiger partial charge in [0.05, 0.1) is 16.9 Å². The molecule has 0 unspecified atom stereocenters. The zero-order valence-corrected chi connectivity index (χ0v) is 17.0. The Morgan fingerprint density at radius 2 is 1.64 bits per heavy atom. The Kier molecular flexibility index (Phi) is 5.85. The highest BCUT2D eigenvalue weighted by Crippen LogP contribution is 2.24. The van der Waals surface area contributed by atoms with Gasteiger partial charge in [-0.2, -0.15) is 0 Å². The van der Waals surface area contributed by atoms with E-state index in [0.717, 1.165) is 10.5 Å². The Bertz CT molecular complexity index is 904. The summed E-state index contributed by atoms with van der Waals surface area (Å²) in [6, 6.07) is 5.15. The number of benzene rings is 1. The maximum Gasteiger partial charge on any atom is 0.261 e. The van der Waals surface area contributed by atoms with Gasteiger partial charge in [-0.05, 0) is 19.1 Å². The molecule has 2 aliphatic heterocycles. The number of amides is 3. The van der Waals surface area contributed by atoms with E-state index >= 15 is 0 Å². The molecule has 1 saturated heterocycles. The summed E-state index contributed by atoms with van der Waals surface area (Å²) in [6.45, 7) is 4.67. The molecule has 0 atom stereocenters. The second kappa shape index (κ2) is 8.00. The van der Waals surface area contributed by atoms with Crippen molar-refractivity contribution in [3.63, 3.8) is 0 Å². The van der Waals surface area contributed by atoms with Crippen molar-refractivity contribution in [3.8, 4) is 0 Å². The fourth-order valence-corrected chi connectivity index (χ4v) is 4.08. The molecule has 152 valence electrons. The van der Waals surface area contributed by atoms with Crippen LogP contribution in [0.3, 0.4) is 0 Å². The van der Waals surface area contributed by atoms with E-state index in [1.807, 2.05) is 11.8 Å². The number of hydrogen-bond donors (Lipinski definition) is 0. The maximum atomic E-state index is 12.5. The lowest BCUT2D eigenvalue weighted by Gasteiger charge is -2.34. The largest absolute Gasteiger partial charge is 0.340 e. The van der Waals surface area contributed by atoms with E-state index in [1.54, 1.807) is 23.1 Å². The Labute approximate surface area is 165 Å². The molecule has 3 amide bonds. The van der Waals surface area contributed by atoms with E-state index in [4.69, 9.17) is 0 Å². The molecule has 0 bridgehead atoms. The number of rotatable bonds is 6. The van der Waals surface area contributed by atoms with Gasteiger partial charge >= 0.3 is 0 Å². The van der Waals surface area contributed by atoms with Crippen molar-refractivity contribution in [1.82, 2.24) is 14.7 Å². The van der Waals surface area contributed by atoms with Crippen molar-refractivity contribution < 1.29 is 22.8 Å². The Morgan fingerprint density at radius 3 is 2.29 bits per heavy atom. The molecule has 0 saturated carbocycles. The molecule has 9 heteroatoms. The van der Waals surface area contributed by atoms with Crippen molar-refractivity contribution in [2.75, 3.05) is 51.3 Å². The van der Waals surface area contributed by atoms with Gasteiger partial charge in [0.25, 0.3) is 11.8 Å². The summed E-state index contributed by atoms with van der Waals surface area (Å²) in [5.41, 5.74) is 1.70. The predicted octanol–water partition coefficient (Wildman–Crippen LogP) is 0.170. The number of aryl methyl sites for hydroxylation is 1. The molecular formula is C19H25N3O5S. The summed E-state index contributed by atoms with van der Waals surface area (Å²) in [5, 5.41) is 0. The second-order valence-corrected chi connectivity index (χ2v) is 9.67. The van der Waals surface area contributed by atoms with Crippen molar-refractivity contribution in [3.05, 3.63) is 34.9 Å². The van der Waals surface area contributed by atoms with Crippen LogP contribution in [0.2, 0.25) is 0 Å². The average molecular weight is 407 g/mol. The molecule has 1 aromatic rings. The quantitative estimate of drug-likeness (QED) is 0.624. The van der Waals surface area contributed by atoms with Crippen LogP contribution in [0.25, 0.3) is 0 Å². The molecule has 28 heavy (non-hydrogen) atoms. The van der Waals surface area contributed by atoms with Gasteiger partial charge in [0.1, 0.15) is 9.84 Å². The number of hydrogen-bond acceptors (Lipinski definition) is 6. The van der Waals surface area contributed by atoms with E-state index in [0.29, 0.717) is 43.9 Å². The van der Waals surface area contributed by atoms with Gasteiger partial charge in [0.2, 0.25) is 5.91 Å². The second-order valence-electron chi connectivity index (χ2n) is 7.41. The Balaban J connectivity index is 1.49. The summed E-state index contributed by atoms with van der Waals surface area (Å²) in [4.78, 5) is 42.3. The highest BCUT2D eigenvalue weighted by atomic mass is 32.2. The monoisotopic (exact) mass is 407 g/mol. The third-order valence-electron chi connectivity index (χ3n) is 5.18. The number of nitrogens with zero attached hydrogens (tertiary/aromatic N) is 3. The predicted molar refractivity (Wildman–Crippen MR) is 104 cm³/mol. The van der Waals surface area contributed by atoms with Crippen LogP contribution in [0.15, 0.2) is 18.2 Å². The zero-order valence-electron chi connectivity index (χ0n) is 16.2. The maximum absolute atomic E-state index is 12.5. The lowest BCUT2D eigenvalue weighted by atomic mass is 10.1. The number of piperazine rings is 1. The van der Waals surface area contributed by atoms with Crippen LogP contribution in [-0.2, 0) is 14.6 Å². The summed E-state index contributed by atoms with van der Waals surface area (Å²) in [5.74, 6) is -0.684. The number of imide groups is 1. The topological polar surface area (TPSA) is 95.1 Å². The average Bonchev–Trinajstić information content (AvgIpc) is 2.88. The van der Waals surface area contributed by atoms with Crippen molar-refractivity contribution in [1.29, 1.82) is 0 Å². The highest BCUT2D eigenvalue weighted by molar-refractivity contribution is 7.90. The number of carbonyl (C=O) groups excluding carboxylic acids is 3. The molecule has 1 aromatic carbocycles. The van der Waals surface area contributed by atoms with E-state index in [2.05, 4.69) is 0 Å². The van der Waals surface area contributed by atoms with Crippen molar-refractivity contribution >= 4 is 27.6 Å². The fraction of sp³-hybridized carbons (Fsp3) is 0.526. The summed E-state index contributed by atoms with van der Waals surface area (Å²) < 4.78 is 22.5. The molecule has 3 rings (SSSR count). The van der Waals surface area contributed by atoms with Crippen LogP contribution in [0.1, 0.15) is 32.7 Å². The summed E-state index contributed by atoms with van der Waals surface area (Å²) in [6.07, 6.45) is 1.31. The van der Waals surface area contributed by atoms with E-state index in [9.17, 15) is 22.8 Å². The molecule has 2 heterocycles. The van der Waals surface area contributed by atoms with Gasteiger partial charge in [0.15, 0.2) is 0 Å². The fourth-order valence-electron chi connectivity index (χ4n) is 3.49. The van der Waals surface area contributed by atoms with Crippen LogP contribution in [0.5, 0.6) is 0 Å². The Hall–Kier alpha value is -2.26. The Morgan fingerprint density at radius 1 is 1.00 bits per heavy atom. The van der Waals surface area contributed by atoms with E-state index < -0.39 is 9.84 Å². The molecule has 1 fully saturated rings. The smallest absolute Gasteiger partial charge is 0.261 e. The molecule has 0 aliphatic carbocycles. The van der Waals surface area contributed by atoms with Crippen LogP contribution in [0, 0.1) is 6.92 Å². The molecule has 2 aliphatic rings. The van der Waals surface area contributed by atoms with Crippen molar-refractivity contribution in [2.45, 2.75) is 13.3 Å². The minimum Gasteiger partial charge on any atom is -0.340 e. The number of sulfone groups is 1. The molecule has 0 spiro atoms. The van der Waals surface area contributed by atoms with Crippen molar-refractivity contribution in [2.24, 2.45) is 0 Å². The first-order valence-corrected chi connectivity index (χ1v) is 11.4. The van der Waals surface area contributed by atoms with Crippen LogP contribution < -0.4 is 0 Å². The zero-order chi connectivity index (χ0) is 20.5. The first-order chi connectivity index (χ1) is 13.2. The van der Waals surface area contributed by atoms with Crippen LogP contribution in [-0.4, -0.2) is 92.1 Å². The van der Waals surface area contributed by atoms with Gasteiger partial charge in [-0.3, -0.25) is 24.2 Å². The standard InChI is InChI=1S/C19H25N3O5S/c1-14-3-4-15-16(13-14)19(25)22(18(15)24)6-5-17(23)21-9-7-20(8-10-21)11-12-28(2,26)27/h3-4,13H,5-12H2,1-2H3. The highest BCUT2D eigenvalue weighted by Gasteiger charge is 2.35. The first-order valence-electron chi connectivity index (χ1n) is 9.30. The van der Waals surface area contributed by atoms with E-state index in [-0.39, 0.29) is 36.4 Å². The van der Waals surface area contributed by atoms with Gasteiger partial charge in [-0.25, -0.2) is 8.42 Å². The summed E-state index contributed by atoms with van der Waals surface area (Å²) in [7, 11) is -3.00. The normalized spacial score (nSPS) is 17.9. The summed E-state index contributed by atoms with van der Waals surface area (Å²) >= 11 is 0. The molecular weight excluding hydrogens is 382 g/mol. The van der Waals surface area contributed by atoms with E-state index in [1.165, 1.54) is 6.26 Å². The minimum atomic E-state index is -3.00. The molecule has 0 radical (unpaired) electrons. The molecule has 0 N–H and O–H groups in total. The third-order valence-corrected chi connectivity index (χ3v) is 6.10. The van der Waals surface area contributed by atoms with Crippen LogP contribution >= 0.6 is 0 Å². The lowest BCUT2D eigenvalue weighted by molar-refractivity contribution is -0.133. The first kappa shape index (κ1) is 20.5.